The van der Waals surface area contributed by atoms with Crippen LogP contribution in [0, 0.1) is 11.8 Å². The minimum Gasteiger partial charge on any atom is -0.494 e. The van der Waals surface area contributed by atoms with Crippen LogP contribution in [0.2, 0.25) is 0 Å². The largest absolute Gasteiger partial charge is 0.494 e. The lowest BCUT2D eigenvalue weighted by Crippen LogP contribution is -2.41. The van der Waals surface area contributed by atoms with E-state index < -0.39 is 6.04 Å². The number of morpholine rings is 1. The molecule has 0 N–H and O–H groups in total. The van der Waals surface area contributed by atoms with Gasteiger partial charge in [-0.3, -0.25) is 14.5 Å². The van der Waals surface area contributed by atoms with Crippen LogP contribution in [0.1, 0.15) is 51.1 Å². The minimum absolute atomic E-state index is 0.112. The Kier molecular flexibility index (Phi) is 6.93. The molecule has 1 amide bonds. The number of carbonyl (C=O) groups excluding carboxylic acids is 2. The second-order valence-corrected chi connectivity index (χ2v) is 10.00. The normalized spacial score (nSPS) is 29.6. The van der Waals surface area contributed by atoms with Gasteiger partial charge in [0.2, 0.25) is 0 Å². The molecule has 7 nitrogen and oxygen atoms in total. The lowest BCUT2D eigenvalue weighted by atomic mass is 9.74. The standard InChI is InChI=1S/C27H36N2O5/c1-3-33-20-8-6-19(7-9-20)24-23-25(30)21-17-18(2)5-10-22(21)34-26(23)27(31)29(24)12-4-11-28-13-15-32-16-14-28/h6-9,18,21-22,24H,3-5,10-17H2,1-2H3. The molecule has 3 heterocycles. The third kappa shape index (κ3) is 4.48. The van der Waals surface area contributed by atoms with E-state index in [-0.39, 0.29) is 23.7 Å². The fourth-order valence-corrected chi connectivity index (χ4v) is 5.90. The van der Waals surface area contributed by atoms with E-state index in [2.05, 4.69) is 11.8 Å². The molecule has 184 valence electrons. The Balaban J connectivity index is 1.41. The SMILES string of the molecule is CCOc1ccc(C2C3=C(OC4CCC(C)CC4C3=O)C(=O)N2CCCN2CCOCC2)cc1. The van der Waals surface area contributed by atoms with E-state index in [1.165, 1.54) is 0 Å². The molecular weight excluding hydrogens is 432 g/mol. The molecule has 3 aliphatic heterocycles. The first-order valence-corrected chi connectivity index (χ1v) is 12.9. The van der Waals surface area contributed by atoms with E-state index in [0.717, 1.165) is 69.8 Å². The molecule has 7 heteroatoms. The highest BCUT2D eigenvalue weighted by Gasteiger charge is 2.52. The summed E-state index contributed by atoms with van der Waals surface area (Å²) >= 11 is 0. The van der Waals surface area contributed by atoms with Crippen LogP contribution in [0.4, 0.5) is 0 Å². The van der Waals surface area contributed by atoms with Crippen molar-refractivity contribution in [3.05, 3.63) is 41.2 Å². The van der Waals surface area contributed by atoms with Gasteiger partial charge in [-0.1, -0.05) is 19.1 Å². The summed E-state index contributed by atoms with van der Waals surface area (Å²) in [6, 6.07) is 7.42. The Hall–Kier alpha value is -2.38. The number of amides is 1. The third-order valence-corrected chi connectivity index (χ3v) is 7.69. The number of nitrogens with zero attached hydrogens (tertiary/aromatic N) is 2. The van der Waals surface area contributed by atoms with Crippen molar-refractivity contribution < 1.29 is 23.8 Å². The molecule has 5 rings (SSSR count). The molecule has 4 atom stereocenters. The predicted octanol–water partition coefficient (Wildman–Crippen LogP) is 3.35. The molecule has 0 radical (unpaired) electrons. The van der Waals surface area contributed by atoms with E-state index in [1.54, 1.807) is 0 Å². The van der Waals surface area contributed by atoms with Gasteiger partial charge in [-0.15, -0.1) is 0 Å². The number of benzene rings is 1. The summed E-state index contributed by atoms with van der Waals surface area (Å²) < 4.78 is 17.4. The van der Waals surface area contributed by atoms with Crippen molar-refractivity contribution in [3.8, 4) is 5.75 Å². The minimum atomic E-state index is -0.395. The van der Waals surface area contributed by atoms with Gasteiger partial charge in [0, 0.05) is 26.2 Å². The quantitative estimate of drug-likeness (QED) is 0.611. The summed E-state index contributed by atoms with van der Waals surface area (Å²) in [4.78, 5) is 31.6. The summed E-state index contributed by atoms with van der Waals surface area (Å²) in [5.41, 5.74) is 1.50. The lowest BCUT2D eigenvalue weighted by Gasteiger charge is -2.37. The van der Waals surface area contributed by atoms with Crippen molar-refractivity contribution in [2.24, 2.45) is 11.8 Å². The van der Waals surface area contributed by atoms with E-state index in [4.69, 9.17) is 14.2 Å². The Morgan fingerprint density at radius 3 is 2.56 bits per heavy atom. The maximum Gasteiger partial charge on any atom is 0.290 e. The molecule has 1 saturated carbocycles. The van der Waals surface area contributed by atoms with Gasteiger partial charge < -0.3 is 19.1 Å². The first-order chi connectivity index (χ1) is 16.6. The highest BCUT2D eigenvalue weighted by Crippen LogP contribution is 2.47. The van der Waals surface area contributed by atoms with Crippen molar-refractivity contribution in [2.75, 3.05) is 46.0 Å². The van der Waals surface area contributed by atoms with E-state index >= 15 is 0 Å². The van der Waals surface area contributed by atoms with Crippen LogP contribution in [0.5, 0.6) is 5.75 Å². The zero-order valence-electron chi connectivity index (χ0n) is 20.3. The Morgan fingerprint density at radius 1 is 1.06 bits per heavy atom. The van der Waals surface area contributed by atoms with Crippen LogP contribution in [0.3, 0.4) is 0 Å². The van der Waals surface area contributed by atoms with Crippen molar-refractivity contribution >= 4 is 11.7 Å². The highest BCUT2D eigenvalue weighted by atomic mass is 16.5. The van der Waals surface area contributed by atoms with Gasteiger partial charge in [0.25, 0.3) is 5.91 Å². The molecule has 1 saturated heterocycles. The van der Waals surface area contributed by atoms with E-state index in [9.17, 15) is 9.59 Å². The summed E-state index contributed by atoms with van der Waals surface area (Å²) in [5, 5.41) is 0. The smallest absolute Gasteiger partial charge is 0.290 e. The van der Waals surface area contributed by atoms with Crippen LogP contribution in [-0.2, 0) is 19.1 Å². The molecule has 1 aromatic carbocycles. The second kappa shape index (κ2) is 10.1. The maximum absolute atomic E-state index is 13.8. The summed E-state index contributed by atoms with van der Waals surface area (Å²) in [7, 11) is 0. The third-order valence-electron chi connectivity index (χ3n) is 7.69. The fourth-order valence-electron chi connectivity index (χ4n) is 5.90. The number of hydrogen-bond acceptors (Lipinski definition) is 6. The van der Waals surface area contributed by atoms with Crippen LogP contribution in [0.25, 0.3) is 0 Å². The molecule has 1 aromatic rings. The van der Waals surface area contributed by atoms with E-state index in [0.29, 0.717) is 30.4 Å². The molecule has 34 heavy (non-hydrogen) atoms. The summed E-state index contributed by atoms with van der Waals surface area (Å²) in [6.45, 7) is 9.62. The Labute approximate surface area is 202 Å². The van der Waals surface area contributed by atoms with Crippen LogP contribution in [0.15, 0.2) is 35.6 Å². The predicted molar refractivity (Wildman–Crippen MR) is 127 cm³/mol. The van der Waals surface area contributed by atoms with Gasteiger partial charge in [0.1, 0.15) is 11.9 Å². The first-order valence-electron chi connectivity index (χ1n) is 12.9. The molecule has 0 spiro atoms. The first kappa shape index (κ1) is 23.4. The van der Waals surface area contributed by atoms with Crippen LogP contribution >= 0.6 is 0 Å². The average molecular weight is 469 g/mol. The number of fused-ring (bicyclic) bond motifs is 1. The molecule has 0 aromatic heterocycles. The number of hydrogen-bond donors (Lipinski definition) is 0. The summed E-state index contributed by atoms with van der Waals surface area (Å²) in [5.74, 6) is 1.42. The van der Waals surface area contributed by atoms with Crippen LogP contribution < -0.4 is 4.74 Å². The zero-order valence-corrected chi connectivity index (χ0v) is 20.3. The van der Waals surface area contributed by atoms with Gasteiger partial charge in [-0.2, -0.15) is 0 Å². The summed E-state index contributed by atoms with van der Waals surface area (Å²) in [6.07, 6.45) is 3.39. The number of rotatable bonds is 7. The highest BCUT2D eigenvalue weighted by molar-refractivity contribution is 6.11. The average Bonchev–Trinajstić information content (AvgIpc) is 3.13. The lowest BCUT2D eigenvalue weighted by molar-refractivity contribution is -0.136. The van der Waals surface area contributed by atoms with Crippen molar-refractivity contribution in [2.45, 2.75) is 51.7 Å². The van der Waals surface area contributed by atoms with Crippen molar-refractivity contribution in [1.82, 2.24) is 9.80 Å². The molecule has 1 aliphatic carbocycles. The van der Waals surface area contributed by atoms with Crippen molar-refractivity contribution in [3.63, 3.8) is 0 Å². The molecule has 4 aliphatic rings. The Bertz CT molecular complexity index is 937. The van der Waals surface area contributed by atoms with Crippen LogP contribution in [-0.4, -0.2) is 73.6 Å². The van der Waals surface area contributed by atoms with Crippen molar-refractivity contribution in [1.29, 1.82) is 0 Å². The number of carbonyl (C=O) groups is 2. The van der Waals surface area contributed by atoms with Gasteiger partial charge in [0.15, 0.2) is 11.5 Å². The van der Waals surface area contributed by atoms with Gasteiger partial charge in [-0.05, 0) is 56.2 Å². The second-order valence-electron chi connectivity index (χ2n) is 10.00. The van der Waals surface area contributed by atoms with E-state index in [1.807, 2.05) is 36.1 Å². The number of ketones is 1. The zero-order chi connectivity index (χ0) is 23.7. The fraction of sp³-hybridized carbons (Fsp3) is 0.630. The molecule has 2 fully saturated rings. The monoisotopic (exact) mass is 468 g/mol. The maximum atomic E-state index is 13.8. The Morgan fingerprint density at radius 2 is 1.82 bits per heavy atom. The molecule has 4 unspecified atom stereocenters. The number of ether oxygens (including phenoxy) is 3. The van der Waals surface area contributed by atoms with Gasteiger partial charge in [0.05, 0.1) is 37.4 Å². The van der Waals surface area contributed by atoms with Gasteiger partial charge in [-0.25, -0.2) is 0 Å². The molecular formula is C27H36N2O5. The molecule has 0 bridgehead atoms. The number of Topliss-reactive ketones (excluding diaryl/α,β-unsaturated/α-hetero) is 1. The van der Waals surface area contributed by atoms with Gasteiger partial charge >= 0.3 is 0 Å². The topological polar surface area (TPSA) is 68.3 Å².